The van der Waals surface area contributed by atoms with Gasteiger partial charge in [-0.3, -0.25) is 0 Å². The standard InChI is InChI=1S/C14H9BrClF3/c1-7-5-12(18)9(6-11(7)17)13(16)8-3-2-4-10(15)14(8)19/h2-6,13H,1H3. The minimum Gasteiger partial charge on any atom is -0.207 e. The molecule has 1 unspecified atom stereocenters. The van der Waals surface area contributed by atoms with Crippen LogP contribution in [0.2, 0.25) is 0 Å². The number of hydrogen-bond acceptors (Lipinski definition) is 0. The Bertz CT molecular complexity index is 628. The molecule has 0 heterocycles. The van der Waals surface area contributed by atoms with Crippen molar-refractivity contribution in [1.29, 1.82) is 0 Å². The molecule has 2 aromatic rings. The van der Waals surface area contributed by atoms with Gasteiger partial charge in [0.25, 0.3) is 0 Å². The Labute approximate surface area is 122 Å². The summed E-state index contributed by atoms with van der Waals surface area (Å²) in [5.41, 5.74) is 0.194. The zero-order chi connectivity index (χ0) is 14.2. The summed E-state index contributed by atoms with van der Waals surface area (Å²) in [6, 6.07) is 6.59. The highest BCUT2D eigenvalue weighted by Gasteiger charge is 2.21. The molecule has 0 amide bonds. The molecule has 0 aliphatic rings. The highest BCUT2D eigenvalue weighted by molar-refractivity contribution is 9.10. The maximum atomic E-state index is 13.9. The van der Waals surface area contributed by atoms with E-state index in [1.165, 1.54) is 19.1 Å². The fourth-order valence-electron chi connectivity index (χ4n) is 1.74. The Kier molecular flexibility index (Phi) is 4.21. The molecule has 100 valence electrons. The summed E-state index contributed by atoms with van der Waals surface area (Å²) < 4.78 is 41.4. The summed E-state index contributed by atoms with van der Waals surface area (Å²) in [5, 5.41) is -1.09. The van der Waals surface area contributed by atoms with Gasteiger partial charge >= 0.3 is 0 Å². The predicted molar refractivity (Wildman–Crippen MR) is 72.9 cm³/mol. The second-order valence-electron chi connectivity index (χ2n) is 4.13. The van der Waals surface area contributed by atoms with Crippen molar-refractivity contribution >= 4 is 27.5 Å². The fraction of sp³-hybridized carbons (Fsp3) is 0.143. The first-order valence-electron chi connectivity index (χ1n) is 5.45. The van der Waals surface area contributed by atoms with E-state index < -0.39 is 22.8 Å². The molecule has 2 rings (SSSR count). The molecule has 0 spiro atoms. The van der Waals surface area contributed by atoms with E-state index in [2.05, 4.69) is 15.9 Å². The van der Waals surface area contributed by atoms with Crippen LogP contribution in [0.15, 0.2) is 34.8 Å². The van der Waals surface area contributed by atoms with Crippen LogP contribution in [0, 0.1) is 24.4 Å². The van der Waals surface area contributed by atoms with Gasteiger partial charge in [0.05, 0.1) is 9.85 Å². The van der Waals surface area contributed by atoms with Crippen LogP contribution in [0.4, 0.5) is 13.2 Å². The number of benzene rings is 2. The Morgan fingerprint density at radius 1 is 1.05 bits per heavy atom. The normalized spacial score (nSPS) is 12.5. The van der Waals surface area contributed by atoms with Crippen molar-refractivity contribution in [2.75, 3.05) is 0 Å². The molecule has 0 aromatic heterocycles. The summed E-state index contributed by atoms with van der Waals surface area (Å²) >= 11 is 9.10. The summed E-state index contributed by atoms with van der Waals surface area (Å²) in [5.74, 6) is -1.81. The van der Waals surface area contributed by atoms with Crippen LogP contribution in [0.3, 0.4) is 0 Å². The van der Waals surface area contributed by atoms with E-state index >= 15 is 0 Å². The van der Waals surface area contributed by atoms with Crippen molar-refractivity contribution < 1.29 is 13.2 Å². The van der Waals surface area contributed by atoms with Crippen LogP contribution in [0.1, 0.15) is 22.1 Å². The van der Waals surface area contributed by atoms with Gasteiger partial charge in [0.1, 0.15) is 17.5 Å². The van der Waals surface area contributed by atoms with Gasteiger partial charge in [0.15, 0.2) is 0 Å². The van der Waals surface area contributed by atoms with Gasteiger partial charge in [-0.15, -0.1) is 11.6 Å². The van der Waals surface area contributed by atoms with Crippen molar-refractivity contribution in [3.63, 3.8) is 0 Å². The number of alkyl halides is 1. The van der Waals surface area contributed by atoms with Crippen LogP contribution >= 0.6 is 27.5 Å². The second kappa shape index (κ2) is 5.55. The molecule has 0 saturated carbocycles. The van der Waals surface area contributed by atoms with Gasteiger partial charge in [-0.05, 0) is 46.6 Å². The van der Waals surface area contributed by atoms with Crippen molar-refractivity contribution in [3.05, 3.63) is 68.9 Å². The third-order valence-corrected chi connectivity index (χ3v) is 3.89. The SMILES string of the molecule is Cc1cc(F)c(C(Cl)c2cccc(Br)c2F)cc1F. The van der Waals surface area contributed by atoms with E-state index in [1.54, 1.807) is 6.07 Å². The van der Waals surface area contributed by atoms with Gasteiger partial charge in [-0.2, -0.15) is 0 Å². The smallest absolute Gasteiger partial charge is 0.142 e. The largest absolute Gasteiger partial charge is 0.207 e. The van der Waals surface area contributed by atoms with Crippen LogP contribution in [-0.4, -0.2) is 0 Å². The van der Waals surface area contributed by atoms with E-state index in [-0.39, 0.29) is 21.2 Å². The van der Waals surface area contributed by atoms with Crippen molar-refractivity contribution in [2.24, 2.45) is 0 Å². The average Bonchev–Trinajstić information content (AvgIpc) is 2.36. The summed E-state index contributed by atoms with van der Waals surface area (Å²) in [6.45, 7) is 1.45. The predicted octanol–water partition coefficient (Wildman–Crippen LogP) is 5.50. The summed E-state index contributed by atoms with van der Waals surface area (Å²) in [7, 11) is 0. The Morgan fingerprint density at radius 2 is 1.74 bits per heavy atom. The first kappa shape index (κ1) is 14.4. The molecule has 0 aliphatic carbocycles. The number of halogens is 5. The van der Waals surface area contributed by atoms with Gasteiger partial charge in [0.2, 0.25) is 0 Å². The summed E-state index contributed by atoms with van der Waals surface area (Å²) in [4.78, 5) is 0. The molecule has 0 aliphatic heterocycles. The van der Waals surface area contributed by atoms with Gasteiger partial charge in [0, 0.05) is 11.1 Å². The topological polar surface area (TPSA) is 0 Å². The lowest BCUT2D eigenvalue weighted by Gasteiger charge is -2.14. The Morgan fingerprint density at radius 3 is 2.42 bits per heavy atom. The molecular weight excluding hydrogens is 341 g/mol. The molecule has 0 bridgehead atoms. The lowest BCUT2D eigenvalue weighted by atomic mass is 10.0. The minimum atomic E-state index is -1.09. The number of aryl methyl sites for hydroxylation is 1. The first-order valence-corrected chi connectivity index (χ1v) is 6.68. The maximum Gasteiger partial charge on any atom is 0.142 e. The van der Waals surface area contributed by atoms with Crippen LogP contribution in [-0.2, 0) is 0 Å². The van der Waals surface area contributed by atoms with E-state index in [9.17, 15) is 13.2 Å². The highest BCUT2D eigenvalue weighted by Crippen LogP contribution is 2.35. The molecule has 1 atom stereocenters. The molecule has 2 aromatic carbocycles. The van der Waals surface area contributed by atoms with E-state index in [1.807, 2.05) is 0 Å². The van der Waals surface area contributed by atoms with Gasteiger partial charge in [-0.1, -0.05) is 12.1 Å². The van der Waals surface area contributed by atoms with Crippen molar-refractivity contribution in [1.82, 2.24) is 0 Å². The lowest BCUT2D eigenvalue weighted by Crippen LogP contribution is -2.02. The fourth-order valence-corrected chi connectivity index (χ4v) is 2.46. The zero-order valence-electron chi connectivity index (χ0n) is 9.85. The van der Waals surface area contributed by atoms with E-state index in [0.29, 0.717) is 0 Å². The van der Waals surface area contributed by atoms with E-state index in [4.69, 9.17) is 11.6 Å². The molecule has 5 heteroatoms. The molecular formula is C14H9BrClF3. The third-order valence-electron chi connectivity index (χ3n) is 2.81. The Balaban J connectivity index is 2.53. The molecule has 0 fully saturated rings. The van der Waals surface area contributed by atoms with Crippen LogP contribution < -0.4 is 0 Å². The molecule has 0 radical (unpaired) electrons. The van der Waals surface area contributed by atoms with Crippen molar-refractivity contribution in [2.45, 2.75) is 12.3 Å². The molecule has 0 saturated heterocycles. The van der Waals surface area contributed by atoms with Gasteiger partial charge in [-0.25, -0.2) is 13.2 Å². The average molecular weight is 350 g/mol. The maximum absolute atomic E-state index is 13.9. The lowest BCUT2D eigenvalue weighted by molar-refractivity contribution is 0.573. The number of rotatable bonds is 2. The van der Waals surface area contributed by atoms with Crippen molar-refractivity contribution in [3.8, 4) is 0 Å². The highest BCUT2D eigenvalue weighted by atomic mass is 79.9. The van der Waals surface area contributed by atoms with Gasteiger partial charge < -0.3 is 0 Å². The molecule has 19 heavy (non-hydrogen) atoms. The first-order chi connectivity index (χ1) is 8.91. The quantitative estimate of drug-likeness (QED) is 0.628. The molecule has 0 nitrogen and oxygen atoms in total. The third kappa shape index (κ3) is 2.79. The monoisotopic (exact) mass is 348 g/mol. The van der Waals surface area contributed by atoms with E-state index in [0.717, 1.165) is 12.1 Å². The zero-order valence-corrected chi connectivity index (χ0v) is 12.2. The molecule has 0 N–H and O–H groups in total. The van der Waals surface area contributed by atoms with Crippen LogP contribution in [0.5, 0.6) is 0 Å². The summed E-state index contributed by atoms with van der Waals surface area (Å²) in [6.07, 6.45) is 0. The Hall–Kier alpha value is -1.00. The second-order valence-corrected chi connectivity index (χ2v) is 5.42. The minimum absolute atomic E-state index is 0.0817. The van der Waals surface area contributed by atoms with Crippen LogP contribution in [0.25, 0.3) is 0 Å². The number of hydrogen-bond donors (Lipinski definition) is 0.